The summed E-state index contributed by atoms with van der Waals surface area (Å²) in [5.41, 5.74) is 3.07. The maximum atomic E-state index is 13.4. The fraction of sp³-hybridized carbons (Fsp3) is 0.269. The number of hydrogen-bond acceptors (Lipinski definition) is 3. The van der Waals surface area contributed by atoms with Crippen LogP contribution in [0.15, 0.2) is 77.7 Å². The lowest BCUT2D eigenvalue weighted by molar-refractivity contribution is 0.0943. The van der Waals surface area contributed by atoms with Crippen molar-refractivity contribution >= 4 is 27.5 Å². The molecule has 1 saturated heterocycles. The minimum atomic E-state index is -3.68. The highest BCUT2D eigenvalue weighted by atomic mass is 35.5. The Kier molecular flexibility index (Phi) is 7.17. The van der Waals surface area contributed by atoms with Gasteiger partial charge >= 0.3 is 0 Å². The molecular formula is C26H27ClN2O3S. The molecule has 5 nitrogen and oxygen atoms in total. The maximum Gasteiger partial charge on any atom is 0.253 e. The Morgan fingerprint density at radius 1 is 0.939 bits per heavy atom. The summed E-state index contributed by atoms with van der Waals surface area (Å²) >= 11 is 6.36. The van der Waals surface area contributed by atoms with E-state index in [0.717, 1.165) is 36.0 Å². The van der Waals surface area contributed by atoms with Crippen LogP contribution < -0.4 is 5.32 Å². The molecule has 1 N–H and O–H groups in total. The van der Waals surface area contributed by atoms with Gasteiger partial charge in [0.05, 0.1) is 21.5 Å². The lowest BCUT2D eigenvalue weighted by atomic mass is 9.94. The number of carbonyl (C=O) groups is 1. The normalized spacial score (nSPS) is 15.7. The molecule has 1 fully saturated rings. The monoisotopic (exact) mass is 482 g/mol. The quantitative estimate of drug-likeness (QED) is 0.515. The largest absolute Gasteiger partial charge is 0.341 e. The molecule has 1 heterocycles. The van der Waals surface area contributed by atoms with Gasteiger partial charge in [0.2, 0.25) is 10.0 Å². The van der Waals surface area contributed by atoms with Crippen molar-refractivity contribution in [3.8, 4) is 0 Å². The summed E-state index contributed by atoms with van der Waals surface area (Å²) in [6.07, 6.45) is 2.71. The Labute approximate surface area is 200 Å². The Morgan fingerprint density at radius 3 is 2.30 bits per heavy atom. The molecule has 7 heteroatoms. The maximum absolute atomic E-state index is 13.4. The second-order valence-electron chi connectivity index (χ2n) is 8.28. The first-order valence-electron chi connectivity index (χ1n) is 11.1. The number of sulfonamides is 1. The van der Waals surface area contributed by atoms with Crippen LogP contribution in [0.4, 0.5) is 0 Å². The predicted molar refractivity (Wildman–Crippen MR) is 131 cm³/mol. The van der Waals surface area contributed by atoms with Gasteiger partial charge in [-0.1, -0.05) is 72.6 Å². The van der Waals surface area contributed by atoms with Crippen LogP contribution >= 0.6 is 11.6 Å². The van der Waals surface area contributed by atoms with Gasteiger partial charge in [0.1, 0.15) is 0 Å². The highest BCUT2D eigenvalue weighted by Gasteiger charge is 2.28. The van der Waals surface area contributed by atoms with Crippen molar-refractivity contribution in [3.63, 3.8) is 0 Å². The van der Waals surface area contributed by atoms with E-state index in [1.165, 1.54) is 22.5 Å². The van der Waals surface area contributed by atoms with Crippen LogP contribution in [0.1, 0.15) is 52.4 Å². The zero-order chi connectivity index (χ0) is 23.4. The van der Waals surface area contributed by atoms with E-state index in [1.54, 1.807) is 0 Å². The van der Waals surface area contributed by atoms with Gasteiger partial charge in [0.25, 0.3) is 5.91 Å². The number of amides is 1. The minimum absolute atomic E-state index is 0.0890. The van der Waals surface area contributed by atoms with E-state index in [2.05, 4.69) is 5.32 Å². The summed E-state index contributed by atoms with van der Waals surface area (Å²) < 4.78 is 27.8. The Balaban J connectivity index is 1.68. The highest BCUT2D eigenvalue weighted by molar-refractivity contribution is 7.89. The Hall–Kier alpha value is -2.67. The first-order chi connectivity index (χ1) is 15.9. The Bertz CT molecular complexity index is 1240. The molecule has 33 heavy (non-hydrogen) atoms. The van der Waals surface area contributed by atoms with Crippen molar-refractivity contribution in [1.29, 1.82) is 0 Å². The minimum Gasteiger partial charge on any atom is -0.341 e. The number of halogens is 1. The van der Waals surface area contributed by atoms with Gasteiger partial charge in [-0.05, 0) is 54.7 Å². The number of nitrogens with zero attached hydrogens (tertiary/aromatic N) is 1. The number of hydrogen-bond donors (Lipinski definition) is 1. The summed E-state index contributed by atoms with van der Waals surface area (Å²) in [5, 5.41) is 3.28. The molecule has 0 aromatic heterocycles. The van der Waals surface area contributed by atoms with Crippen LogP contribution in [0.3, 0.4) is 0 Å². The zero-order valence-electron chi connectivity index (χ0n) is 18.5. The molecule has 0 radical (unpaired) electrons. The first kappa shape index (κ1) is 23.5. The zero-order valence-corrected chi connectivity index (χ0v) is 20.1. The third-order valence-electron chi connectivity index (χ3n) is 6.04. The smallest absolute Gasteiger partial charge is 0.253 e. The summed E-state index contributed by atoms with van der Waals surface area (Å²) in [5.74, 6) is -0.423. The molecule has 3 aromatic rings. The molecule has 1 unspecified atom stereocenters. The molecule has 1 aliphatic heterocycles. The van der Waals surface area contributed by atoms with Gasteiger partial charge in [-0.15, -0.1) is 0 Å². The van der Waals surface area contributed by atoms with Crippen molar-refractivity contribution in [1.82, 2.24) is 9.62 Å². The van der Waals surface area contributed by atoms with Gasteiger partial charge in [0, 0.05) is 13.1 Å². The van der Waals surface area contributed by atoms with Crippen molar-refractivity contribution in [2.75, 3.05) is 13.1 Å². The molecular weight excluding hydrogens is 456 g/mol. The third-order valence-corrected chi connectivity index (χ3v) is 8.27. The van der Waals surface area contributed by atoms with E-state index in [4.69, 9.17) is 11.6 Å². The molecule has 172 valence electrons. The summed E-state index contributed by atoms with van der Waals surface area (Å²) in [4.78, 5) is 13.5. The van der Waals surface area contributed by atoms with Gasteiger partial charge < -0.3 is 5.32 Å². The van der Waals surface area contributed by atoms with Crippen LogP contribution in [0.2, 0.25) is 5.02 Å². The number of nitrogens with one attached hydrogen (secondary N) is 1. The number of aryl methyl sites for hydroxylation is 1. The summed E-state index contributed by atoms with van der Waals surface area (Å²) in [7, 11) is -3.68. The van der Waals surface area contributed by atoms with Gasteiger partial charge in [-0.25, -0.2) is 8.42 Å². The molecule has 0 bridgehead atoms. The van der Waals surface area contributed by atoms with Crippen LogP contribution in [0, 0.1) is 6.92 Å². The molecule has 0 saturated carbocycles. The van der Waals surface area contributed by atoms with Crippen LogP contribution in [0.25, 0.3) is 0 Å². The van der Waals surface area contributed by atoms with Crippen molar-refractivity contribution in [2.45, 2.75) is 37.1 Å². The molecule has 1 amide bonds. The fourth-order valence-corrected chi connectivity index (χ4v) is 5.95. The molecule has 1 atom stereocenters. The highest BCUT2D eigenvalue weighted by Crippen LogP contribution is 2.28. The van der Waals surface area contributed by atoms with Gasteiger partial charge in [-0.2, -0.15) is 4.31 Å². The molecule has 4 rings (SSSR count). The van der Waals surface area contributed by atoms with E-state index >= 15 is 0 Å². The molecule has 0 aliphatic carbocycles. The molecule has 3 aromatic carbocycles. The second kappa shape index (κ2) is 10.1. The van der Waals surface area contributed by atoms with E-state index in [0.29, 0.717) is 13.1 Å². The SMILES string of the molecule is Cc1ccccc1C(NC(=O)c1cc(S(=O)(=O)N2CCCCC2)ccc1Cl)c1ccccc1. The van der Waals surface area contributed by atoms with Crippen molar-refractivity contribution in [3.05, 3.63) is 100 Å². The third kappa shape index (κ3) is 5.13. The molecule has 1 aliphatic rings. The Morgan fingerprint density at radius 2 is 1.61 bits per heavy atom. The first-order valence-corrected chi connectivity index (χ1v) is 12.9. The van der Waals surface area contributed by atoms with E-state index < -0.39 is 22.0 Å². The fourth-order valence-electron chi connectivity index (χ4n) is 4.20. The lowest BCUT2D eigenvalue weighted by Crippen LogP contribution is -2.36. The average Bonchev–Trinajstić information content (AvgIpc) is 2.84. The van der Waals surface area contributed by atoms with E-state index in [1.807, 2.05) is 61.5 Å². The molecule has 0 spiro atoms. The predicted octanol–water partition coefficient (Wildman–Crippen LogP) is 5.34. The lowest BCUT2D eigenvalue weighted by Gasteiger charge is -2.26. The van der Waals surface area contributed by atoms with Crippen LogP contribution in [-0.2, 0) is 10.0 Å². The van der Waals surface area contributed by atoms with Crippen LogP contribution in [0.5, 0.6) is 0 Å². The van der Waals surface area contributed by atoms with Gasteiger partial charge in [0.15, 0.2) is 0 Å². The van der Waals surface area contributed by atoms with Crippen LogP contribution in [-0.4, -0.2) is 31.7 Å². The standard InChI is InChI=1S/C26H27ClN2O3S/c1-19-10-6-7-13-22(19)25(20-11-4-2-5-12-20)28-26(30)23-18-21(14-15-24(23)27)33(31,32)29-16-8-3-9-17-29/h2,4-7,10-15,18,25H,3,8-9,16-17H2,1H3,(H,28,30). The number of piperidine rings is 1. The van der Waals surface area contributed by atoms with Gasteiger partial charge in [-0.3, -0.25) is 4.79 Å². The van der Waals surface area contributed by atoms with E-state index in [9.17, 15) is 13.2 Å². The van der Waals surface area contributed by atoms with Crippen molar-refractivity contribution < 1.29 is 13.2 Å². The number of rotatable bonds is 6. The summed E-state index contributed by atoms with van der Waals surface area (Å²) in [6.45, 7) is 2.99. The van der Waals surface area contributed by atoms with Crippen molar-refractivity contribution in [2.24, 2.45) is 0 Å². The number of carbonyl (C=O) groups excluding carboxylic acids is 1. The topological polar surface area (TPSA) is 66.5 Å². The average molecular weight is 483 g/mol. The number of benzene rings is 3. The summed E-state index contributed by atoms with van der Waals surface area (Å²) in [6, 6.07) is 21.5. The second-order valence-corrected chi connectivity index (χ2v) is 10.6. The van der Waals surface area contributed by atoms with E-state index in [-0.39, 0.29) is 15.5 Å².